The molecule has 1 aromatic rings. The third-order valence-corrected chi connectivity index (χ3v) is 2.53. The van der Waals surface area contributed by atoms with Crippen molar-refractivity contribution in [1.82, 2.24) is 5.32 Å². The van der Waals surface area contributed by atoms with Crippen LogP contribution in [0.15, 0.2) is 12.1 Å². The third kappa shape index (κ3) is 3.51. The molecule has 0 aromatic heterocycles. The first-order chi connectivity index (χ1) is 7.95. The van der Waals surface area contributed by atoms with Crippen LogP contribution in [0.4, 0.5) is 0 Å². The standard InChI is InChI=1S/C11H14ClNO4/c1-6(11(15)16)13-5-7-3-8(12)4-9(17-2)10(7)14/h3-4,6,13-14H,5H2,1-2H3,(H,15,16)/t6-/m1/s1. The van der Waals surface area contributed by atoms with E-state index in [4.69, 9.17) is 21.4 Å². The van der Waals surface area contributed by atoms with Crippen molar-refractivity contribution in [1.29, 1.82) is 0 Å². The first kappa shape index (κ1) is 13.6. The highest BCUT2D eigenvalue weighted by molar-refractivity contribution is 6.30. The Kier molecular flexibility index (Phi) is 4.60. The van der Waals surface area contributed by atoms with Crippen molar-refractivity contribution in [3.8, 4) is 11.5 Å². The summed E-state index contributed by atoms with van der Waals surface area (Å²) in [5.41, 5.74) is 0.488. The molecule has 17 heavy (non-hydrogen) atoms. The van der Waals surface area contributed by atoms with E-state index in [1.165, 1.54) is 20.1 Å². The van der Waals surface area contributed by atoms with Gasteiger partial charge in [0.1, 0.15) is 6.04 Å². The van der Waals surface area contributed by atoms with E-state index in [1.807, 2.05) is 0 Å². The van der Waals surface area contributed by atoms with Crippen LogP contribution in [-0.4, -0.2) is 29.3 Å². The molecule has 5 nitrogen and oxygen atoms in total. The third-order valence-electron chi connectivity index (χ3n) is 2.31. The van der Waals surface area contributed by atoms with Crippen molar-refractivity contribution >= 4 is 17.6 Å². The summed E-state index contributed by atoms with van der Waals surface area (Å²) in [5, 5.41) is 21.7. The molecule has 0 aliphatic heterocycles. The van der Waals surface area contributed by atoms with Crippen molar-refractivity contribution in [2.45, 2.75) is 19.5 Å². The van der Waals surface area contributed by atoms with Gasteiger partial charge in [-0.2, -0.15) is 0 Å². The van der Waals surface area contributed by atoms with Crippen LogP contribution >= 0.6 is 11.6 Å². The number of rotatable bonds is 5. The molecule has 0 bridgehead atoms. The van der Waals surface area contributed by atoms with E-state index in [0.29, 0.717) is 10.6 Å². The lowest BCUT2D eigenvalue weighted by atomic mass is 10.1. The van der Waals surface area contributed by atoms with Crippen molar-refractivity contribution in [3.63, 3.8) is 0 Å². The van der Waals surface area contributed by atoms with E-state index < -0.39 is 12.0 Å². The average molecular weight is 260 g/mol. The SMILES string of the molecule is COc1cc(Cl)cc(CN[C@H](C)C(=O)O)c1O. The average Bonchev–Trinajstić information content (AvgIpc) is 2.29. The van der Waals surface area contributed by atoms with E-state index in [9.17, 15) is 9.90 Å². The topological polar surface area (TPSA) is 78.8 Å². The molecule has 0 heterocycles. The van der Waals surface area contributed by atoms with Gasteiger partial charge in [0.2, 0.25) is 0 Å². The predicted octanol–water partition coefficient (Wildman–Crippen LogP) is 1.62. The number of carbonyl (C=O) groups is 1. The molecule has 1 rings (SSSR count). The number of hydrogen-bond donors (Lipinski definition) is 3. The van der Waals surface area contributed by atoms with Crippen molar-refractivity contribution < 1.29 is 19.7 Å². The largest absolute Gasteiger partial charge is 0.504 e. The quantitative estimate of drug-likeness (QED) is 0.749. The molecular formula is C11H14ClNO4. The molecule has 0 spiro atoms. The molecule has 0 fully saturated rings. The van der Waals surface area contributed by atoms with Gasteiger partial charge in [-0.05, 0) is 13.0 Å². The van der Waals surface area contributed by atoms with Gasteiger partial charge >= 0.3 is 5.97 Å². The number of phenols is 1. The van der Waals surface area contributed by atoms with Crippen molar-refractivity contribution in [2.24, 2.45) is 0 Å². The van der Waals surface area contributed by atoms with Crippen molar-refractivity contribution in [3.05, 3.63) is 22.7 Å². The summed E-state index contributed by atoms with van der Waals surface area (Å²) in [4.78, 5) is 10.6. The number of halogens is 1. The monoisotopic (exact) mass is 259 g/mol. The number of aliphatic carboxylic acids is 1. The van der Waals surface area contributed by atoms with Crippen LogP contribution in [0.1, 0.15) is 12.5 Å². The van der Waals surface area contributed by atoms with Crippen LogP contribution in [-0.2, 0) is 11.3 Å². The number of ether oxygens (including phenoxy) is 1. The molecule has 0 aliphatic carbocycles. The molecule has 1 atom stereocenters. The fourth-order valence-corrected chi connectivity index (χ4v) is 1.50. The maximum Gasteiger partial charge on any atom is 0.320 e. The molecule has 0 amide bonds. The second-order valence-corrected chi connectivity index (χ2v) is 3.99. The molecule has 3 N–H and O–H groups in total. The van der Waals surface area contributed by atoms with E-state index in [1.54, 1.807) is 6.07 Å². The van der Waals surface area contributed by atoms with Gasteiger partial charge in [-0.25, -0.2) is 0 Å². The lowest BCUT2D eigenvalue weighted by Gasteiger charge is -2.12. The van der Waals surface area contributed by atoms with Crippen LogP contribution in [0.3, 0.4) is 0 Å². The van der Waals surface area contributed by atoms with Gasteiger partial charge in [-0.3, -0.25) is 4.79 Å². The second-order valence-electron chi connectivity index (χ2n) is 3.56. The van der Waals surface area contributed by atoms with Gasteiger partial charge in [0.05, 0.1) is 7.11 Å². The Morgan fingerprint density at radius 3 is 2.76 bits per heavy atom. The molecule has 0 radical (unpaired) electrons. The molecule has 1 aromatic carbocycles. The van der Waals surface area contributed by atoms with E-state index >= 15 is 0 Å². The molecule has 0 aliphatic rings. The van der Waals surface area contributed by atoms with Crippen LogP contribution in [0, 0.1) is 0 Å². The summed E-state index contributed by atoms with van der Waals surface area (Å²) in [6, 6.07) is 2.33. The van der Waals surface area contributed by atoms with E-state index in [2.05, 4.69) is 5.32 Å². The number of carboxylic acid groups (broad SMARTS) is 1. The number of carboxylic acids is 1. The Labute approximate surface area is 104 Å². The van der Waals surface area contributed by atoms with Crippen LogP contribution in [0.2, 0.25) is 5.02 Å². The summed E-state index contributed by atoms with van der Waals surface area (Å²) in [6.45, 7) is 1.71. The summed E-state index contributed by atoms with van der Waals surface area (Å²) >= 11 is 5.84. The maximum absolute atomic E-state index is 10.6. The first-order valence-electron chi connectivity index (χ1n) is 4.97. The Hall–Kier alpha value is -1.46. The normalized spacial score (nSPS) is 12.2. The molecule has 94 valence electrons. The van der Waals surface area contributed by atoms with Gasteiger partial charge in [0, 0.05) is 23.2 Å². The zero-order valence-electron chi connectivity index (χ0n) is 9.53. The Morgan fingerprint density at radius 2 is 2.24 bits per heavy atom. The Balaban J connectivity index is 2.84. The summed E-state index contributed by atoms with van der Waals surface area (Å²) in [5.74, 6) is -0.738. The predicted molar refractivity (Wildman–Crippen MR) is 63.6 cm³/mol. The lowest BCUT2D eigenvalue weighted by Crippen LogP contribution is -2.33. The van der Waals surface area contributed by atoms with Gasteiger partial charge in [0.15, 0.2) is 11.5 Å². The fourth-order valence-electron chi connectivity index (χ4n) is 1.27. The minimum Gasteiger partial charge on any atom is -0.504 e. The van der Waals surface area contributed by atoms with E-state index in [-0.39, 0.29) is 18.0 Å². The van der Waals surface area contributed by atoms with Crippen LogP contribution < -0.4 is 10.1 Å². The Morgan fingerprint density at radius 1 is 1.59 bits per heavy atom. The van der Waals surface area contributed by atoms with Gasteiger partial charge < -0.3 is 20.3 Å². The van der Waals surface area contributed by atoms with E-state index in [0.717, 1.165) is 0 Å². The molecule has 6 heteroatoms. The second kappa shape index (κ2) is 5.75. The minimum absolute atomic E-state index is 0.0398. The molecule has 0 unspecified atom stereocenters. The molecular weight excluding hydrogens is 246 g/mol. The van der Waals surface area contributed by atoms with Gasteiger partial charge in [-0.1, -0.05) is 11.6 Å². The summed E-state index contributed by atoms with van der Waals surface area (Å²) in [7, 11) is 1.42. The number of aromatic hydroxyl groups is 1. The maximum atomic E-state index is 10.6. The molecule has 0 saturated carbocycles. The van der Waals surface area contributed by atoms with Crippen LogP contribution in [0.25, 0.3) is 0 Å². The Bertz CT molecular complexity index is 422. The number of phenolic OH excluding ortho intramolecular Hbond substituents is 1. The van der Waals surface area contributed by atoms with Crippen LogP contribution in [0.5, 0.6) is 11.5 Å². The highest BCUT2D eigenvalue weighted by Gasteiger charge is 2.13. The highest BCUT2D eigenvalue weighted by Crippen LogP contribution is 2.33. The highest BCUT2D eigenvalue weighted by atomic mass is 35.5. The lowest BCUT2D eigenvalue weighted by molar-refractivity contribution is -0.139. The number of hydrogen-bond acceptors (Lipinski definition) is 4. The first-order valence-corrected chi connectivity index (χ1v) is 5.35. The minimum atomic E-state index is -0.960. The number of methoxy groups -OCH3 is 1. The number of nitrogens with one attached hydrogen (secondary N) is 1. The zero-order valence-corrected chi connectivity index (χ0v) is 10.3. The summed E-state index contributed by atoms with van der Waals surface area (Å²) in [6.07, 6.45) is 0. The van der Waals surface area contributed by atoms with Crippen molar-refractivity contribution in [2.75, 3.05) is 7.11 Å². The van der Waals surface area contributed by atoms with Gasteiger partial charge in [-0.15, -0.1) is 0 Å². The number of benzene rings is 1. The smallest absolute Gasteiger partial charge is 0.320 e. The fraction of sp³-hybridized carbons (Fsp3) is 0.364. The van der Waals surface area contributed by atoms with Gasteiger partial charge in [0.25, 0.3) is 0 Å². The zero-order chi connectivity index (χ0) is 13.0. The summed E-state index contributed by atoms with van der Waals surface area (Å²) < 4.78 is 4.94. The molecule has 0 saturated heterocycles.